The van der Waals surface area contributed by atoms with Gasteiger partial charge < -0.3 is 10.2 Å². The Morgan fingerprint density at radius 2 is 2.00 bits per heavy atom. The third-order valence-electron chi connectivity index (χ3n) is 3.09. The SMILES string of the molecule is CC(C)NCC(=O)N(C)CC1CCCC1. The standard InChI is InChI=1S/C12H24N2O/c1-10(2)13-8-12(15)14(3)9-11-6-4-5-7-11/h10-11,13H,4-9H2,1-3H3. The molecule has 0 aliphatic heterocycles. The van der Waals surface area contributed by atoms with Gasteiger partial charge in [-0.15, -0.1) is 0 Å². The molecule has 3 heteroatoms. The molecule has 0 bridgehead atoms. The zero-order chi connectivity index (χ0) is 11.3. The van der Waals surface area contributed by atoms with Gasteiger partial charge in [-0.25, -0.2) is 0 Å². The van der Waals surface area contributed by atoms with Crippen LogP contribution in [0.25, 0.3) is 0 Å². The molecule has 1 aliphatic rings. The average Bonchev–Trinajstić information content (AvgIpc) is 2.66. The number of likely N-dealkylation sites (N-methyl/N-ethyl adjacent to an activating group) is 1. The molecule has 1 N–H and O–H groups in total. The van der Waals surface area contributed by atoms with Crippen LogP contribution in [0.4, 0.5) is 0 Å². The molecule has 0 saturated heterocycles. The lowest BCUT2D eigenvalue weighted by molar-refractivity contribution is -0.129. The van der Waals surface area contributed by atoms with Gasteiger partial charge in [0.25, 0.3) is 0 Å². The summed E-state index contributed by atoms with van der Waals surface area (Å²) in [5, 5.41) is 3.16. The summed E-state index contributed by atoms with van der Waals surface area (Å²) >= 11 is 0. The van der Waals surface area contributed by atoms with E-state index in [1.165, 1.54) is 25.7 Å². The second kappa shape index (κ2) is 6.11. The molecular formula is C12H24N2O. The van der Waals surface area contributed by atoms with Gasteiger partial charge in [-0.1, -0.05) is 26.7 Å². The van der Waals surface area contributed by atoms with Crippen LogP contribution in [0.5, 0.6) is 0 Å². The van der Waals surface area contributed by atoms with Crippen molar-refractivity contribution >= 4 is 5.91 Å². The summed E-state index contributed by atoms with van der Waals surface area (Å²) in [6.07, 6.45) is 5.29. The summed E-state index contributed by atoms with van der Waals surface area (Å²) in [7, 11) is 1.92. The highest BCUT2D eigenvalue weighted by atomic mass is 16.2. The van der Waals surface area contributed by atoms with Crippen molar-refractivity contribution in [2.24, 2.45) is 5.92 Å². The summed E-state index contributed by atoms with van der Waals surface area (Å²) < 4.78 is 0. The van der Waals surface area contributed by atoms with Crippen molar-refractivity contribution in [3.8, 4) is 0 Å². The third-order valence-corrected chi connectivity index (χ3v) is 3.09. The first-order valence-electron chi connectivity index (χ1n) is 6.07. The van der Waals surface area contributed by atoms with Crippen molar-refractivity contribution in [3.63, 3.8) is 0 Å². The third kappa shape index (κ3) is 4.65. The van der Waals surface area contributed by atoms with Gasteiger partial charge in [-0.2, -0.15) is 0 Å². The molecule has 15 heavy (non-hydrogen) atoms. The van der Waals surface area contributed by atoms with Gasteiger partial charge >= 0.3 is 0 Å². The Morgan fingerprint density at radius 3 is 2.53 bits per heavy atom. The first-order chi connectivity index (χ1) is 7.09. The Balaban J connectivity index is 2.19. The molecule has 0 radical (unpaired) electrons. The van der Waals surface area contributed by atoms with E-state index in [0.717, 1.165) is 12.5 Å². The number of amides is 1. The predicted octanol–water partition coefficient (Wildman–Crippen LogP) is 1.63. The van der Waals surface area contributed by atoms with Crippen molar-refractivity contribution in [2.45, 2.75) is 45.6 Å². The molecule has 1 fully saturated rings. The first kappa shape index (κ1) is 12.5. The smallest absolute Gasteiger partial charge is 0.236 e. The molecular weight excluding hydrogens is 188 g/mol. The van der Waals surface area contributed by atoms with Crippen molar-refractivity contribution in [1.82, 2.24) is 10.2 Å². The number of nitrogens with zero attached hydrogens (tertiary/aromatic N) is 1. The fraction of sp³-hybridized carbons (Fsp3) is 0.917. The van der Waals surface area contributed by atoms with Gasteiger partial charge in [0.1, 0.15) is 0 Å². The lowest BCUT2D eigenvalue weighted by atomic mass is 10.1. The maximum atomic E-state index is 11.7. The molecule has 0 aromatic heterocycles. The van der Waals surface area contributed by atoms with E-state index in [1.807, 2.05) is 11.9 Å². The average molecular weight is 212 g/mol. The van der Waals surface area contributed by atoms with Crippen LogP contribution in [0, 0.1) is 5.92 Å². The minimum Gasteiger partial charge on any atom is -0.344 e. The molecule has 1 rings (SSSR count). The number of nitrogens with one attached hydrogen (secondary N) is 1. The fourth-order valence-corrected chi connectivity index (χ4v) is 2.11. The molecule has 0 unspecified atom stereocenters. The fourth-order valence-electron chi connectivity index (χ4n) is 2.11. The van der Waals surface area contributed by atoms with Crippen LogP contribution in [-0.4, -0.2) is 37.0 Å². The van der Waals surface area contributed by atoms with Crippen LogP contribution in [0.15, 0.2) is 0 Å². The van der Waals surface area contributed by atoms with Gasteiger partial charge in [-0.3, -0.25) is 4.79 Å². The topological polar surface area (TPSA) is 32.3 Å². The minimum absolute atomic E-state index is 0.218. The lowest BCUT2D eigenvalue weighted by Gasteiger charge is -2.21. The van der Waals surface area contributed by atoms with Crippen molar-refractivity contribution in [3.05, 3.63) is 0 Å². The van der Waals surface area contributed by atoms with Gasteiger partial charge in [0.05, 0.1) is 6.54 Å². The van der Waals surface area contributed by atoms with Crippen molar-refractivity contribution in [1.29, 1.82) is 0 Å². The van der Waals surface area contributed by atoms with E-state index >= 15 is 0 Å². The zero-order valence-corrected chi connectivity index (χ0v) is 10.3. The number of carbonyl (C=O) groups is 1. The summed E-state index contributed by atoms with van der Waals surface area (Å²) in [6.45, 7) is 5.54. The van der Waals surface area contributed by atoms with E-state index in [0.29, 0.717) is 12.6 Å². The van der Waals surface area contributed by atoms with Crippen LogP contribution < -0.4 is 5.32 Å². The number of hydrogen-bond donors (Lipinski definition) is 1. The van der Waals surface area contributed by atoms with Crippen LogP contribution in [0.2, 0.25) is 0 Å². The normalized spacial score (nSPS) is 17.3. The highest BCUT2D eigenvalue weighted by Crippen LogP contribution is 2.24. The Labute approximate surface area is 93.2 Å². The van der Waals surface area contributed by atoms with Crippen molar-refractivity contribution < 1.29 is 4.79 Å². The Bertz CT molecular complexity index is 198. The number of carbonyl (C=O) groups excluding carboxylic acids is 1. The first-order valence-corrected chi connectivity index (χ1v) is 6.07. The highest BCUT2D eigenvalue weighted by Gasteiger charge is 2.19. The van der Waals surface area contributed by atoms with Crippen LogP contribution in [0.3, 0.4) is 0 Å². The second-order valence-electron chi connectivity index (χ2n) is 4.96. The Morgan fingerprint density at radius 1 is 1.40 bits per heavy atom. The summed E-state index contributed by atoms with van der Waals surface area (Å²) in [5.41, 5.74) is 0. The monoisotopic (exact) mass is 212 g/mol. The lowest BCUT2D eigenvalue weighted by Crippen LogP contribution is -2.39. The van der Waals surface area contributed by atoms with E-state index in [9.17, 15) is 4.79 Å². The second-order valence-corrected chi connectivity index (χ2v) is 4.96. The number of rotatable bonds is 5. The molecule has 0 aromatic rings. The van der Waals surface area contributed by atoms with Gasteiger partial charge in [0, 0.05) is 19.6 Å². The maximum Gasteiger partial charge on any atom is 0.236 e. The van der Waals surface area contributed by atoms with Gasteiger partial charge in [0.15, 0.2) is 0 Å². The number of hydrogen-bond acceptors (Lipinski definition) is 2. The summed E-state index contributed by atoms with van der Waals surface area (Å²) in [6, 6.07) is 0.383. The van der Waals surface area contributed by atoms with Crippen LogP contribution >= 0.6 is 0 Å². The molecule has 3 nitrogen and oxygen atoms in total. The predicted molar refractivity (Wildman–Crippen MR) is 62.7 cm³/mol. The quantitative estimate of drug-likeness (QED) is 0.751. The van der Waals surface area contributed by atoms with Gasteiger partial charge in [0.2, 0.25) is 5.91 Å². The molecule has 0 aromatic carbocycles. The summed E-state index contributed by atoms with van der Waals surface area (Å²) in [5.74, 6) is 0.966. The molecule has 1 saturated carbocycles. The minimum atomic E-state index is 0.218. The molecule has 1 amide bonds. The molecule has 0 atom stereocenters. The molecule has 0 spiro atoms. The van der Waals surface area contributed by atoms with E-state index in [2.05, 4.69) is 19.2 Å². The molecule has 1 aliphatic carbocycles. The Kier molecular flexibility index (Phi) is 5.09. The Hall–Kier alpha value is -0.570. The van der Waals surface area contributed by atoms with Crippen molar-refractivity contribution in [2.75, 3.05) is 20.1 Å². The van der Waals surface area contributed by atoms with E-state index in [1.54, 1.807) is 0 Å². The maximum absolute atomic E-state index is 11.7. The highest BCUT2D eigenvalue weighted by molar-refractivity contribution is 5.77. The van der Waals surface area contributed by atoms with Crippen LogP contribution in [0.1, 0.15) is 39.5 Å². The van der Waals surface area contributed by atoms with Gasteiger partial charge in [-0.05, 0) is 18.8 Å². The largest absolute Gasteiger partial charge is 0.344 e. The van der Waals surface area contributed by atoms with E-state index < -0.39 is 0 Å². The van der Waals surface area contributed by atoms with Crippen LogP contribution in [-0.2, 0) is 4.79 Å². The summed E-state index contributed by atoms with van der Waals surface area (Å²) in [4.78, 5) is 13.6. The van der Waals surface area contributed by atoms with E-state index in [4.69, 9.17) is 0 Å². The molecule has 0 heterocycles. The van der Waals surface area contributed by atoms with E-state index in [-0.39, 0.29) is 5.91 Å². The zero-order valence-electron chi connectivity index (χ0n) is 10.3. The molecule has 88 valence electrons.